The average Bonchev–Trinajstić information content (AvgIpc) is 2.46. The zero-order chi connectivity index (χ0) is 15.1. The Labute approximate surface area is 123 Å². The SMILES string of the molecule is N#CCOc1ccccc1NS(=O)(=O)Cc1ccccc1. The third-order valence-electron chi connectivity index (χ3n) is 2.64. The van der Waals surface area contributed by atoms with E-state index in [9.17, 15) is 8.42 Å². The molecule has 0 bridgehead atoms. The first kappa shape index (κ1) is 14.9. The molecule has 0 radical (unpaired) electrons. The van der Waals surface area contributed by atoms with Crippen LogP contribution in [0.15, 0.2) is 54.6 Å². The van der Waals surface area contributed by atoms with Crippen molar-refractivity contribution >= 4 is 15.7 Å². The summed E-state index contributed by atoms with van der Waals surface area (Å²) in [4.78, 5) is 0. The van der Waals surface area contributed by atoms with Crippen LogP contribution < -0.4 is 9.46 Å². The minimum atomic E-state index is -3.55. The van der Waals surface area contributed by atoms with Gasteiger partial charge >= 0.3 is 0 Å². The Morgan fingerprint density at radius 1 is 1.05 bits per heavy atom. The molecule has 108 valence electrons. The number of hydrogen-bond acceptors (Lipinski definition) is 4. The summed E-state index contributed by atoms with van der Waals surface area (Å²) < 4.78 is 32.0. The molecule has 2 aromatic carbocycles. The van der Waals surface area contributed by atoms with Gasteiger partial charge in [0.1, 0.15) is 11.8 Å². The summed E-state index contributed by atoms with van der Waals surface area (Å²) in [5.41, 5.74) is 1.02. The Morgan fingerprint density at radius 3 is 2.43 bits per heavy atom. The Morgan fingerprint density at radius 2 is 1.71 bits per heavy atom. The summed E-state index contributed by atoms with van der Waals surface area (Å²) >= 11 is 0. The standard InChI is InChI=1S/C15H14N2O3S/c16-10-11-20-15-9-5-4-8-14(15)17-21(18,19)12-13-6-2-1-3-7-13/h1-9,17H,11-12H2. The maximum absolute atomic E-state index is 12.2. The highest BCUT2D eigenvalue weighted by molar-refractivity contribution is 7.91. The van der Waals surface area contributed by atoms with E-state index in [4.69, 9.17) is 10.00 Å². The first-order valence-electron chi connectivity index (χ1n) is 6.24. The van der Waals surface area contributed by atoms with E-state index < -0.39 is 10.0 Å². The number of benzene rings is 2. The molecular weight excluding hydrogens is 288 g/mol. The van der Waals surface area contributed by atoms with Gasteiger partial charge in [0.05, 0.1) is 11.4 Å². The highest BCUT2D eigenvalue weighted by Gasteiger charge is 2.14. The second-order valence-corrected chi connectivity index (χ2v) is 6.01. The van der Waals surface area contributed by atoms with E-state index in [2.05, 4.69) is 4.72 Å². The minimum Gasteiger partial charge on any atom is -0.477 e. The van der Waals surface area contributed by atoms with Crippen molar-refractivity contribution in [3.63, 3.8) is 0 Å². The van der Waals surface area contributed by atoms with Crippen molar-refractivity contribution in [1.82, 2.24) is 0 Å². The lowest BCUT2D eigenvalue weighted by molar-refractivity contribution is 0.370. The van der Waals surface area contributed by atoms with Gasteiger partial charge in [-0.25, -0.2) is 8.42 Å². The molecule has 2 aromatic rings. The number of anilines is 1. The highest BCUT2D eigenvalue weighted by Crippen LogP contribution is 2.25. The van der Waals surface area contributed by atoms with Crippen LogP contribution in [0.4, 0.5) is 5.69 Å². The molecule has 6 heteroatoms. The molecule has 0 unspecified atom stereocenters. The number of rotatable bonds is 6. The monoisotopic (exact) mass is 302 g/mol. The van der Waals surface area contributed by atoms with Gasteiger partial charge < -0.3 is 4.74 Å². The van der Waals surface area contributed by atoms with Crippen molar-refractivity contribution < 1.29 is 13.2 Å². The topological polar surface area (TPSA) is 79.2 Å². The third kappa shape index (κ3) is 4.51. The van der Waals surface area contributed by atoms with Gasteiger partial charge in [-0.15, -0.1) is 0 Å². The number of nitrogens with zero attached hydrogens (tertiary/aromatic N) is 1. The fourth-order valence-electron chi connectivity index (χ4n) is 1.78. The van der Waals surface area contributed by atoms with Crippen LogP contribution >= 0.6 is 0 Å². The van der Waals surface area contributed by atoms with E-state index in [1.54, 1.807) is 48.5 Å². The number of nitrogens with one attached hydrogen (secondary N) is 1. The van der Waals surface area contributed by atoms with Crippen LogP contribution in [0.3, 0.4) is 0 Å². The second kappa shape index (κ2) is 6.77. The van der Waals surface area contributed by atoms with Crippen LogP contribution in [0, 0.1) is 11.3 Å². The molecule has 0 spiro atoms. The molecule has 0 atom stereocenters. The zero-order valence-electron chi connectivity index (χ0n) is 11.2. The molecule has 2 rings (SSSR count). The summed E-state index contributed by atoms with van der Waals surface area (Å²) in [6.45, 7) is -0.141. The van der Waals surface area contributed by atoms with Crippen LogP contribution in [0.25, 0.3) is 0 Å². The van der Waals surface area contributed by atoms with Crippen molar-refractivity contribution in [2.24, 2.45) is 0 Å². The Bertz CT molecular complexity index is 737. The van der Waals surface area contributed by atoms with E-state index in [1.165, 1.54) is 0 Å². The molecule has 0 aromatic heterocycles. The molecule has 0 amide bonds. The zero-order valence-corrected chi connectivity index (χ0v) is 12.0. The van der Waals surface area contributed by atoms with Gasteiger partial charge in [0.15, 0.2) is 6.61 Å². The summed E-state index contributed by atoms with van der Waals surface area (Å²) in [6.07, 6.45) is 0. The molecule has 0 aliphatic carbocycles. The van der Waals surface area contributed by atoms with Crippen LogP contribution in [0.2, 0.25) is 0 Å². The summed E-state index contributed by atoms with van der Waals surface area (Å²) in [5.74, 6) is 0.205. The predicted molar refractivity (Wildman–Crippen MR) is 80.2 cm³/mol. The molecule has 5 nitrogen and oxygen atoms in total. The maximum Gasteiger partial charge on any atom is 0.237 e. The molecule has 0 heterocycles. The normalized spacial score (nSPS) is 10.6. The molecule has 0 fully saturated rings. The number of sulfonamides is 1. The van der Waals surface area contributed by atoms with E-state index in [0.717, 1.165) is 0 Å². The number of hydrogen-bond donors (Lipinski definition) is 1. The first-order valence-corrected chi connectivity index (χ1v) is 7.89. The van der Waals surface area contributed by atoms with Gasteiger partial charge in [-0.2, -0.15) is 5.26 Å². The largest absolute Gasteiger partial charge is 0.477 e. The lowest BCUT2D eigenvalue weighted by atomic mass is 10.2. The molecule has 21 heavy (non-hydrogen) atoms. The number of para-hydroxylation sites is 2. The molecule has 0 saturated carbocycles. The summed E-state index contributed by atoms with van der Waals surface area (Å²) in [7, 11) is -3.55. The van der Waals surface area contributed by atoms with Crippen LogP contribution in [-0.2, 0) is 15.8 Å². The van der Waals surface area contributed by atoms with Gasteiger partial charge in [-0.3, -0.25) is 4.72 Å². The van der Waals surface area contributed by atoms with Crippen molar-refractivity contribution in [3.8, 4) is 11.8 Å². The lowest BCUT2D eigenvalue weighted by Gasteiger charge is -2.12. The predicted octanol–water partition coefficient (Wildman–Crippen LogP) is 2.53. The minimum absolute atomic E-state index is 0.125. The van der Waals surface area contributed by atoms with Gasteiger partial charge in [-0.05, 0) is 17.7 Å². The Hall–Kier alpha value is -2.52. The number of ether oxygens (including phenoxy) is 1. The smallest absolute Gasteiger partial charge is 0.237 e. The van der Waals surface area contributed by atoms with E-state index in [1.807, 2.05) is 12.1 Å². The molecular formula is C15H14N2O3S. The highest BCUT2D eigenvalue weighted by atomic mass is 32.2. The molecule has 0 saturated heterocycles. The average molecular weight is 302 g/mol. The molecule has 0 aliphatic rings. The quantitative estimate of drug-likeness (QED) is 0.889. The fraction of sp³-hybridized carbons (Fsp3) is 0.133. The van der Waals surface area contributed by atoms with Gasteiger partial charge in [-0.1, -0.05) is 42.5 Å². The lowest BCUT2D eigenvalue weighted by Crippen LogP contribution is -2.15. The van der Waals surface area contributed by atoms with Crippen molar-refractivity contribution in [3.05, 3.63) is 60.2 Å². The molecule has 0 aliphatic heterocycles. The van der Waals surface area contributed by atoms with Crippen molar-refractivity contribution in [1.29, 1.82) is 5.26 Å². The first-order chi connectivity index (χ1) is 10.1. The van der Waals surface area contributed by atoms with Crippen LogP contribution in [0.5, 0.6) is 5.75 Å². The van der Waals surface area contributed by atoms with Gasteiger partial charge in [0, 0.05) is 0 Å². The van der Waals surface area contributed by atoms with E-state index in [-0.39, 0.29) is 12.4 Å². The summed E-state index contributed by atoms with van der Waals surface area (Å²) in [6, 6.07) is 17.3. The molecule has 1 N–H and O–H groups in total. The second-order valence-electron chi connectivity index (χ2n) is 4.29. The Kier molecular flexibility index (Phi) is 4.80. The van der Waals surface area contributed by atoms with Crippen LogP contribution in [0.1, 0.15) is 5.56 Å². The van der Waals surface area contributed by atoms with Gasteiger partial charge in [0.25, 0.3) is 0 Å². The van der Waals surface area contributed by atoms with Crippen LogP contribution in [-0.4, -0.2) is 15.0 Å². The maximum atomic E-state index is 12.2. The fourth-order valence-corrected chi connectivity index (χ4v) is 2.99. The van der Waals surface area contributed by atoms with E-state index >= 15 is 0 Å². The Balaban J connectivity index is 2.15. The van der Waals surface area contributed by atoms with Crippen molar-refractivity contribution in [2.45, 2.75) is 5.75 Å². The van der Waals surface area contributed by atoms with E-state index in [0.29, 0.717) is 17.0 Å². The third-order valence-corrected chi connectivity index (χ3v) is 3.89. The van der Waals surface area contributed by atoms with Gasteiger partial charge in [0.2, 0.25) is 10.0 Å². The summed E-state index contributed by atoms with van der Waals surface area (Å²) in [5, 5.41) is 8.53. The van der Waals surface area contributed by atoms with Crippen molar-refractivity contribution in [2.75, 3.05) is 11.3 Å². The number of nitriles is 1.